The summed E-state index contributed by atoms with van der Waals surface area (Å²) in [5.74, 6) is 0. The predicted molar refractivity (Wildman–Crippen MR) is 85.1 cm³/mol. The third kappa shape index (κ3) is 4.90. The van der Waals surface area contributed by atoms with Crippen molar-refractivity contribution in [3.8, 4) is 0 Å². The molecular formula is C15H27NO3Si. The molecule has 1 aromatic rings. The quantitative estimate of drug-likeness (QED) is 0.656. The Hall–Kier alpha value is -0.883. The standard InChI is InChI=1S/C15H27NO3Si/c1-6-17-20(18-7-2,19-8-3)13-14-9-11-15(12-10-14)16(4)5/h9-12H,6-8,13H2,1-5H3. The van der Waals surface area contributed by atoms with Gasteiger partial charge < -0.3 is 18.2 Å². The molecule has 0 saturated carbocycles. The number of hydrogen-bond donors (Lipinski definition) is 0. The van der Waals surface area contributed by atoms with Crippen molar-refractivity contribution in [2.24, 2.45) is 0 Å². The van der Waals surface area contributed by atoms with Gasteiger partial charge in [-0.3, -0.25) is 0 Å². The summed E-state index contributed by atoms with van der Waals surface area (Å²) in [6.07, 6.45) is 0. The minimum Gasteiger partial charge on any atom is -0.378 e. The van der Waals surface area contributed by atoms with Gasteiger partial charge in [0.05, 0.1) is 0 Å². The van der Waals surface area contributed by atoms with E-state index in [0.29, 0.717) is 19.8 Å². The molecule has 0 aliphatic carbocycles. The summed E-state index contributed by atoms with van der Waals surface area (Å²) in [6.45, 7) is 7.78. The third-order valence-electron chi connectivity index (χ3n) is 2.97. The van der Waals surface area contributed by atoms with Gasteiger partial charge in [-0.1, -0.05) is 12.1 Å². The lowest BCUT2D eigenvalue weighted by molar-refractivity contribution is 0.0704. The molecule has 0 N–H and O–H groups in total. The fraction of sp³-hybridized carbons (Fsp3) is 0.600. The molecule has 5 heteroatoms. The second-order valence-corrected chi connectivity index (χ2v) is 7.31. The maximum atomic E-state index is 5.88. The van der Waals surface area contributed by atoms with Crippen LogP contribution in [0, 0.1) is 0 Å². The van der Waals surface area contributed by atoms with Crippen LogP contribution in [0.5, 0.6) is 0 Å². The first-order chi connectivity index (χ1) is 9.56. The van der Waals surface area contributed by atoms with Crippen molar-refractivity contribution in [2.75, 3.05) is 38.8 Å². The molecule has 0 aliphatic heterocycles. The lowest BCUT2D eigenvalue weighted by atomic mass is 10.2. The van der Waals surface area contributed by atoms with Crippen LogP contribution < -0.4 is 4.90 Å². The summed E-state index contributed by atoms with van der Waals surface area (Å²) in [5.41, 5.74) is 2.38. The predicted octanol–water partition coefficient (Wildman–Crippen LogP) is 2.88. The average molecular weight is 297 g/mol. The molecule has 0 saturated heterocycles. The lowest BCUT2D eigenvalue weighted by Gasteiger charge is -2.28. The van der Waals surface area contributed by atoms with E-state index in [2.05, 4.69) is 29.2 Å². The number of benzene rings is 1. The maximum Gasteiger partial charge on any atom is 0.505 e. The Labute approximate surface area is 124 Å². The van der Waals surface area contributed by atoms with Gasteiger partial charge in [-0.15, -0.1) is 0 Å². The van der Waals surface area contributed by atoms with Gasteiger partial charge in [0.2, 0.25) is 0 Å². The normalized spacial score (nSPS) is 11.7. The first-order valence-corrected chi connectivity index (χ1v) is 9.18. The van der Waals surface area contributed by atoms with E-state index in [0.717, 1.165) is 6.04 Å². The number of anilines is 1. The largest absolute Gasteiger partial charge is 0.505 e. The summed E-state index contributed by atoms with van der Waals surface area (Å²) in [7, 11) is 1.48. The van der Waals surface area contributed by atoms with Crippen molar-refractivity contribution in [3.63, 3.8) is 0 Å². The molecule has 0 aliphatic rings. The Balaban J connectivity index is 2.86. The molecule has 1 rings (SSSR count). The van der Waals surface area contributed by atoms with Crippen LogP contribution in [0.2, 0.25) is 0 Å². The van der Waals surface area contributed by atoms with Crippen LogP contribution in [0.3, 0.4) is 0 Å². The van der Waals surface area contributed by atoms with Crippen LogP contribution in [-0.4, -0.2) is 42.7 Å². The Morgan fingerprint density at radius 1 is 0.850 bits per heavy atom. The monoisotopic (exact) mass is 297 g/mol. The molecule has 0 amide bonds. The fourth-order valence-corrected chi connectivity index (χ4v) is 4.71. The molecule has 20 heavy (non-hydrogen) atoms. The molecule has 0 radical (unpaired) electrons. The van der Waals surface area contributed by atoms with Crippen LogP contribution >= 0.6 is 0 Å². The third-order valence-corrected chi connectivity index (χ3v) is 5.99. The highest BCUT2D eigenvalue weighted by Gasteiger charge is 2.40. The summed E-state index contributed by atoms with van der Waals surface area (Å²) in [5, 5.41) is 0. The number of rotatable bonds is 9. The zero-order chi connectivity index (χ0) is 15.0. The molecule has 114 valence electrons. The lowest BCUT2D eigenvalue weighted by Crippen LogP contribution is -2.48. The molecule has 0 aromatic heterocycles. The van der Waals surface area contributed by atoms with Crippen molar-refractivity contribution in [3.05, 3.63) is 29.8 Å². The van der Waals surface area contributed by atoms with Crippen molar-refractivity contribution >= 4 is 14.5 Å². The molecule has 1 aromatic carbocycles. The molecule has 0 atom stereocenters. The van der Waals surface area contributed by atoms with Gasteiger partial charge in [0.1, 0.15) is 0 Å². The Bertz CT molecular complexity index is 364. The highest BCUT2D eigenvalue weighted by Crippen LogP contribution is 2.19. The van der Waals surface area contributed by atoms with Crippen LogP contribution in [0.4, 0.5) is 5.69 Å². The number of nitrogens with zero attached hydrogens (tertiary/aromatic N) is 1. The SMILES string of the molecule is CCO[Si](Cc1ccc(N(C)C)cc1)(OCC)OCC. The smallest absolute Gasteiger partial charge is 0.378 e. The molecule has 0 spiro atoms. The van der Waals surface area contributed by atoms with Crippen molar-refractivity contribution in [1.82, 2.24) is 0 Å². The highest BCUT2D eigenvalue weighted by molar-refractivity contribution is 6.60. The van der Waals surface area contributed by atoms with E-state index in [9.17, 15) is 0 Å². The molecule has 0 fully saturated rings. The van der Waals surface area contributed by atoms with E-state index in [1.807, 2.05) is 34.9 Å². The van der Waals surface area contributed by atoms with Crippen molar-refractivity contribution in [2.45, 2.75) is 26.8 Å². The van der Waals surface area contributed by atoms with Gasteiger partial charge in [0, 0.05) is 45.6 Å². The van der Waals surface area contributed by atoms with E-state index >= 15 is 0 Å². The Kier molecular flexibility index (Phi) is 7.22. The molecular weight excluding hydrogens is 270 g/mol. The Morgan fingerprint density at radius 3 is 1.65 bits per heavy atom. The first kappa shape index (κ1) is 17.2. The van der Waals surface area contributed by atoms with Gasteiger partial charge in [0.25, 0.3) is 0 Å². The van der Waals surface area contributed by atoms with Gasteiger partial charge in [0.15, 0.2) is 0 Å². The van der Waals surface area contributed by atoms with Crippen LogP contribution in [0.1, 0.15) is 26.3 Å². The van der Waals surface area contributed by atoms with E-state index in [1.54, 1.807) is 0 Å². The Morgan fingerprint density at radius 2 is 1.30 bits per heavy atom. The fourth-order valence-electron chi connectivity index (χ4n) is 2.10. The minimum atomic E-state index is -2.59. The van der Waals surface area contributed by atoms with E-state index in [-0.39, 0.29) is 0 Å². The van der Waals surface area contributed by atoms with Crippen molar-refractivity contribution < 1.29 is 13.3 Å². The molecule has 0 unspecified atom stereocenters. The van der Waals surface area contributed by atoms with E-state index in [4.69, 9.17) is 13.3 Å². The summed E-state index contributed by atoms with van der Waals surface area (Å²) in [4.78, 5) is 2.09. The minimum absolute atomic E-state index is 0.613. The summed E-state index contributed by atoms with van der Waals surface area (Å²) >= 11 is 0. The van der Waals surface area contributed by atoms with Gasteiger partial charge in [-0.2, -0.15) is 0 Å². The summed E-state index contributed by atoms with van der Waals surface area (Å²) in [6, 6.07) is 9.18. The zero-order valence-electron chi connectivity index (χ0n) is 13.3. The maximum absolute atomic E-state index is 5.88. The number of hydrogen-bond acceptors (Lipinski definition) is 4. The van der Waals surface area contributed by atoms with Crippen molar-refractivity contribution in [1.29, 1.82) is 0 Å². The van der Waals surface area contributed by atoms with Gasteiger partial charge >= 0.3 is 8.80 Å². The van der Waals surface area contributed by atoms with E-state index < -0.39 is 8.80 Å². The van der Waals surface area contributed by atoms with E-state index in [1.165, 1.54) is 11.3 Å². The average Bonchev–Trinajstić information content (AvgIpc) is 2.40. The topological polar surface area (TPSA) is 30.9 Å². The van der Waals surface area contributed by atoms with Crippen LogP contribution in [0.25, 0.3) is 0 Å². The second kappa shape index (κ2) is 8.41. The van der Waals surface area contributed by atoms with Crippen LogP contribution in [-0.2, 0) is 19.3 Å². The second-order valence-electron chi connectivity index (χ2n) is 4.72. The van der Waals surface area contributed by atoms with Crippen LogP contribution in [0.15, 0.2) is 24.3 Å². The first-order valence-electron chi connectivity index (χ1n) is 7.25. The molecule has 0 heterocycles. The molecule has 4 nitrogen and oxygen atoms in total. The van der Waals surface area contributed by atoms with Gasteiger partial charge in [-0.25, -0.2) is 0 Å². The summed E-state index contributed by atoms with van der Waals surface area (Å²) < 4.78 is 17.6. The molecule has 0 bridgehead atoms. The zero-order valence-corrected chi connectivity index (χ0v) is 14.3. The highest BCUT2D eigenvalue weighted by atomic mass is 28.4. The van der Waals surface area contributed by atoms with Gasteiger partial charge in [-0.05, 0) is 38.5 Å².